The highest BCUT2D eigenvalue weighted by Crippen LogP contribution is 2.14. The van der Waals surface area contributed by atoms with E-state index in [-0.39, 0.29) is 5.91 Å². The molecule has 4 nitrogen and oxygen atoms in total. The topological polar surface area (TPSA) is 45.2 Å². The summed E-state index contributed by atoms with van der Waals surface area (Å²) in [6, 6.07) is 22.3. The smallest absolute Gasteiger partial charge is 0.243 e. The Morgan fingerprint density at radius 1 is 0.917 bits per heavy atom. The van der Waals surface area contributed by atoms with Gasteiger partial charge in [-0.25, -0.2) is 0 Å². The molecule has 36 heavy (non-hydrogen) atoms. The molecule has 1 aromatic heterocycles. The zero-order chi connectivity index (χ0) is 25.6. The summed E-state index contributed by atoms with van der Waals surface area (Å²) >= 11 is 0. The number of nitrogens with one attached hydrogen (secondary N) is 1. The number of aromatic nitrogens is 1. The van der Waals surface area contributed by atoms with Gasteiger partial charge in [0.05, 0.1) is 0 Å². The van der Waals surface area contributed by atoms with Crippen molar-refractivity contribution in [1.82, 2.24) is 15.2 Å². The summed E-state index contributed by atoms with van der Waals surface area (Å²) in [7, 11) is 0. The van der Waals surface area contributed by atoms with Crippen molar-refractivity contribution < 1.29 is 4.79 Å². The van der Waals surface area contributed by atoms with E-state index in [0.717, 1.165) is 50.8 Å². The molecule has 0 fully saturated rings. The molecule has 0 aliphatic rings. The van der Waals surface area contributed by atoms with Crippen LogP contribution in [0.3, 0.4) is 0 Å². The van der Waals surface area contributed by atoms with Crippen LogP contribution in [0.5, 0.6) is 0 Å². The van der Waals surface area contributed by atoms with Crippen LogP contribution >= 0.6 is 0 Å². The molecule has 3 rings (SSSR count). The van der Waals surface area contributed by atoms with E-state index in [1.165, 1.54) is 22.3 Å². The van der Waals surface area contributed by atoms with Crippen LogP contribution < -0.4 is 5.32 Å². The van der Waals surface area contributed by atoms with Crippen molar-refractivity contribution in [2.75, 3.05) is 13.1 Å². The number of pyridine rings is 1. The number of benzene rings is 2. The third-order valence-corrected chi connectivity index (χ3v) is 6.50. The molecule has 0 saturated carbocycles. The van der Waals surface area contributed by atoms with Gasteiger partial charge in [0.2, 0.25) is 5.91 Å². The monoisotopic (exact) mass is 483 g/mol. The third kappa shape index (κ3) is 10.2. The number of unbranched alkanes of at least 4 members (excludes halogenated alkanes) is 2. The Balaban J connectivity index is 1.32. The molecule has 0 bridgehead atoms. The summed E-state index contributed by atoms with van der Waals surface area (Å²) in [5.74, 6) is -0.0521. The Labute approximate surface area is 217 Å². The van der Waals surface area contributed by atoms with Crippen molar-refractivity contribution >= 4 is 12.0 Å². The first kappa shape index (κ1) is 27.3. The molecule has 0 spiro atoms. The lowest BCUT2D eigenvalue weighted by Gasteiger charge is -2.26. The van der Waals surface area contributed by atoms with Crippen LogP contribution in [0.2, 0.25) is 0 Å². The molecule has 3 aromatic rings. The van der Waals surface area contributed by atoms with Gasteiger partial charge < -0.3 is 5.32 Å². The number of rotatable bonds is 14. The third-order valence-electron chi connectivity index (χ3n) is 6.50. The lowest BCUT2D eigenvalue weighted by atomic mass is 10.0. The summed E-state index contributed by atoms with van der Waals surface area (Å²) in [5, 5.41) is 2.96. The number of carbonyl (C=O) groups is 1. The average molecular weight is 484 g/mol. The molecule has 0 atom stereocenters. The van der Waals surface area contributed by atoms with Gasteiger partial charge in [-0.05, 0) is 80.9 Å². The predicted octanol–water partition coefficient (Wildman–Crippen LogP) is 6.39. The SMILES string of the molecule is Cc1ccc(CCN(Cc2ccc(CCCCCNC(=O)/C=C/c3cccnc3)cc2)C(C)C)cc1. The Kier molecular flexibility index (Phi) is 11.4. The van der Waals surface area contributed by atoms with E-state index in [0.29, 0.717) is 12.6 Å². The minimum Gasteiger partial charge on any atom is -0.353 e. The van der Waals surface area contributed by atoms with E-state index >= 15 is 0 Å². The fraction of sp³-hybridized carbons (Fsp3) is 0.375. The van der Waals surface area contributed by atoms with E-state index < -0.39 is 0 Å². The van der Waals surface area contributed by atoms with Gasteiger partial charge in [-0.2, -0.15) is 0 Å². The molecule has 190 valence electrons. The molecule has 0 aliphatic carbocycles. The highest BCUT2D eigenvalue weighted by Gasteiger charge is 2.10. The molecule has 1 N–H and O–H groups in total. The summed E-state index contributed by atoms with van der Waals surface area (Å²) in [6.07, 6.45) is 12.2. The van der Waals surface area contributed by atoms with Crippen molar-refractivity contribution in [2.24, 2.45) is 0 Å². The summed E-state index contributed by atoms with van der Waals surface area (Å²) in [5.41, 5.74) is 6.41. The predicted molar refractivity (Wildman–Crippen MR) is 151 cm³/mol. The highest BCUT2D eigenvalue weighted by atomic mass is 16.1. The maximum Gasteiger partial charge on any atom is 0.243 e. The van der Waals surface area contributed by atoms with Gasteiger partial charge in [0.15, 0.2) is 0 Å². The minimum absolute atomic E-state index is 0.0521. The van der Waals surface area contributed by atoms with Crippen LogP contribution in [0, 0.1) is 6.92 Å². The van der Waals surface area contributed by atoms with E-state index in [9.17, 15) is 4.79 Å². The summed E-state index contributed by atoms with van der Waals surface area (Å²) < 4.78 is 0. The molecule has 0 saturated heterocycles. The van der Waals surface area contributed by atoms with Crippen molar-refractivity contribution in [1.29, 1.82) is 0 Å². The highest BCUT2D eigenvalue weighted by molar-refractivity contribution is 5.91. The molecular formula is C32H41N3O. The number of aryl methyl sites for hydroxylation is 2. The van der Waals surface area contributed by atoms with E-state index in [4.69, 9.17) is 0 Å². The second-order valence-electron chi connectivity index (χ2n) is 9.84. The molecule has 0 aliphatic heterocycles. The van der Waals surface area contributed by atoms with Crippen molar-refractivity contribution in [3.8, 4) is 0 Å². The second-order valence-corrected chi connectivity index (χ2v) is 9.84. The Bertz CT molecular complexity index is 1060. The minimum atomic E-state index is -0.0521. The average Bonchev–Trinajstić information content (AvgIpc) is 2.89. The van der Waals surface area contributed by atoms with E-state index in [2.05, 4.69) is 84.5 Å². The molecule has 4 heteroatoms. The second kappa shape index (κ2) is 15.0. The normalized spacial score (nSPS) is 11.5. The maximum absolute atomic E-state index is 11.9. The number of carbonyl (C=O) groups excluding carboxylic acids is 1. The van der Waals surface area contributed by atoms with Gasteiger partial charge in [0.25, 0.3) is 0 Å². The lowest BCUT2D eigenvalue weighted by molar-refractivity contribution is -0.116. The molecular weight excluding hydrogens is 442 g/mol. The van der Waals surface area contributed by atoms with E-state index in [1.807, 2.05) is 12.1 Å². The Morgan fingerprint density at radius 2 is 1.61 bits per heavy atom. The molecule has 1 heterocycles. The molecule has 2 aromatic carbocycles. The molecule has 1 amide bonds. The van der Waals surface area contributed by atoms with Gasteiger partial charge in [0.1, 0.15) is 0 Å². The van der Waals surface area contributed by atoms with Crippen LogP contribution in [-0.2, 0) is 24.2 Å². The number of amides is 1. The van der Waals surface area contributed by atoms with Gasteiger partial charge in [0, 0.05) is 44.1 Å². The fourth-order valence-corrected chi connectivity index (χ4v) is 4.14. The van der Waals surface area contributed by atoms with Gasteiger partial charge in [-0.1, -0.05) is 66.6 Å². The van der Waals surface area contributed by atoms with Gasteiger partial charge in [-0.15, -0.1) is 0 Å². The first-order chi connectivity index (χ1) is 17.5. The Hall–Kier alpha value is -3.24. The maximum atomic E-state index is 11.9. The standard InChI is InChI=1S/C32H41N3O/c1-26(2)35(23-20-29-12-10-27(3)11-13-29)25-31-16-14-28(15-17-31)8-5-4-6-22-34-32(36)19-18-30-9-7-21-33-24-30/h7,9-19,21,24,26H,4-6,8,20,22-23,25H2,1-3H3,(H,34,36)/b19-18+. The zero-order valence-electron chi connectivity index (χ0n) is 22.1. The van der Waals surface area contributed by atoms with Crippen LogP contribution in [-0.4, -0.2) is 34.9 Å². The fourth-order valence-electron chi connectivity index (χ4n) is 4.14. The first-order valence-electron chi connectivity index (χ1n) is 13.2. The van der Waals surface area contributed by atoms with E-state index in [1.54, 1.807) is 24.5 Å². The lowest BCUT2D eigenvalue weighted by Crippen LogP contribution is -2.32. The first-order valence-corrected chi connectivity index (χ1v) is 13.2. The Morgan fingerprint density at radius 3 is 2.31 bits per heavy atom. The van der Waals surface area contributed by atoms with Crippen LogP contribution in [0.25, 0.3) is 6.08 Å². The number of hydrogen-bond acceptors (Lipinski definition) is 3. The molecule has 0 unspecified atom stereocenters. The largest absolute Gasteiger partial charge is 0.353 e. The van der Waals surface area contributed by atoms with Crippen LogP contribution in [0.1, 0.15) is 60.9 Å². The van der Waals surface area contributed by atoms with Crippen molar-refractivity contribution in [3.63, 3.8) is 0 Å². The quantitative estimate of drug-likeness (QED) is 0.214. The van der Waals surface area contributed by atoms with Crippen molar-refractivity contribution in [2.45, 2.75) is 65.5 Å². The number of nitrogens with zero attached hydrogens (tertiary/aromatic N) is 2. The van der Waals surface area contributed by atoms with Gasteiger partial charge >= 0.3 is 0 Å². The summed E-state index contributed by atoms with van der Waals surface area (Å²) in [4.78, 5) is 18.5. The van der Waals surface area contributed by atoms with Crippen LogP contribution in [0.15, 0.2) is 79.1 Å². The van der Waals surface area contributed by atoms with Crippen molar-refractivity contribution in [3.05, 3.63) is 107 Å². The summed E-state index contributed by atoms with van der Waals surface area (Å²) in [6.45, 7) is 9.46. The zero-order valence-corrected chi connectivity index (χ0v) is 22.1. The molecule has 0 radical (unpaired) electrons. The van der Waals surface area contributed by atoms with Crippen LogP contribution in [0.4, 0.5) is 0 Å². The van der Waals surface area contributed by atoms with Gasteiger partial charge in [-0.3, -0.25) is 14.7 Å². The number of hydrogen-bond donors (Lipinski definition) is 1.